The normalized spacial score (nSPS) is 20.9. The van der Waals surface area contributed by atoms with Crippen LogP contribution in [0.25, 0.3) is 0 Å². The molecule has 1 aromatic carbocycles. The molecule has 0 bridgehead atoms. The summed E-state index contributed by atoms with van der Waals surface area (Å²) in [5.41, 5.74) is 0.891. The van der Waals surface area contributed by atoms with Crippen molar-refractivity contribution < 1.29 is 4.79 Å². The maximum absolute atomic E-state index is 13.0. The van der Waals surface area contributed by atoms with Crippen LogP contribution < -0.4 is 5.32 Å². The van der Waals surface area contributed by atoms with E-state index < -0.39 is 0 Å². The summed E-state index contributed by atoms with van der Waals surface area (Å²) in [6.45, 7) is 2.92. The molecule has 0 atom stereocenters. The van der Waals surface area contributed by atoms with Gasteiger partial charge in [0.25, 0.3) is 0 Å². The number of nitrogens with zero attached hydrogens (tertiary/aromatic N) is 1. The number of nitrogens with one attached hydrogen (secondary N) is 1. The van der Waals surface area contributed by atoms with Crippen LogP contribution >= 0.6 is 11.6 Å². The first-order valence-corrected chi connectivity index (χ1v) is 8.73. The number of amides is 1. The van der Waals surface area contributed by atoms with E-state index in [2.05, 4.69) is 10.2 Å². The van der Waals surface area contributed by atoms with Gasteiger partial charge in [0.2, 0.25) is 5.91 Å². The summed E-state index contributed by atoms with van der Waals surface area (Å²) in [5, 5.41) is 3.95. The second-order valence-corrected chi connectivity index (χ2v) is 7.15. The summed E-state index contributed by atoms with van der Waals surface area (Å²) in [4.78, 5) is 15.1. The van der Waals surface area contributed by atoms with Gasteiger partial charge >= 0.3 is 0 Å². The lowest BCUT2D eigenvalue weighted by molar-refractivity contribution is -0.135. The Labute approximate surface area is 138 Å². The van der Waals surface area contributed by atoms with E-state index in [9.17, 15) is 4.79 Å². The highest BCUT2D eigenvalue weighted by Crippen LogP contribution is 2.50. The lowest BCUT2D eigenvalue weighted by atomic mass is 9.90. The molecule has 2 fully saturated rings. The summed E-state index contributed by atoms with van der Waals surface area (Å²) >= 11 is 5.97. The number of hydrogen-bond donors (Lipinski definition) is 1. The fourth-order valence-electron chi connectivity index (χ4n) is 3.60. The highest BCUT2D eigenvalue weighted by atomic mass is 35.5. The fourth-order valence-corrected chi connectivity index (χ4v) is 3.72. The molecular weight excluding hydrogens is 296 g/mol. The summed E-state index contributed by atoms with van der Waals surface area (Å²) in [5.74, 6) is 1.10. The van der Waals surface area contributed by atoms with Gasteiger partial charge in [0, 0.05) is 18.1 Å². The molecule has 1 amide bonds. The van der Waals surface area contributed by atoms with E-state index in [0.29, 0.717) is 5.91 Å². The molecule has 1 aliphatic carbocycles. The standard InChI is InChI=1S/C18H25ClN2O/c1-20-11-6-14-7-12-21(13-8-14)17(22)18(9-10-18)15-2-4-16(19)5-3-15/h2-5,14,20H,6-13H2,1H3. The summed E-state index contributed by atoms with van der Waals surface area (Å²) in [7, 11) is 2.00. The predicted molar refractivity (Wildman–Crippen MR) is 90.2 cm³/mol. The largest absolute Gasteiger partial charge is 0.342 e. The van der Waals surface area contributed by atoms with Crippen LogP contribution in [0.2, 0.25) is 5.02 Å². The molecule has 0 radical (unpaired) electrons. The van der Waals surface area contributed by atoms with Crippen molar-refractivity contribution in [3.8, 4) is 0 Å². The number of halogens is 1. The van der Waals surface area contributed by atoms with Crippen LogP contribution in [0, 0.1) is 5.92 Å². The van der Waals surface area contributed by atoms with Gasteiger partial charge < -0.3 is 10.2 Å². The van der Waals surface area contributed by atoms with Crippen LogP contribution in [0.1, 0.15) is 37.7 Å². The highest BCUT2D eigenvalue weighted by molar-refractivity contribution is 6.30. The van der Waals surface area contributed by atoms with Crippen molar-refractivity contribution in [2.24, 2.45) is 5.92 Å². The predicted octanol–water partition coefficient (Wildman–Crippen LogP) is 3.22. The zero-order valence-corrected chi connectivity index (χ0v) is 14.0. The molecule has 1 saturated heterocycles. The Hall–Kier alpha value is -1.06. The molecule has 4 heteroatoms. The van der Waals surface area contributed by atoms with Gasteiger partial charge in [-0.2, -0.15) is 0 Å². The number of carbonyl (C=O) groups excluding carboxylic acids is 1. The van der Waals surface area contributed by atoms with Crippen LogP contribution in [0.5, 0.6) is 0 Å². The third-order valence-electron chi connectivity index (χ3n) is 5.26. The van der Waals surface area contributed by atoms with Crippen molar-refractivity contribution in [1.29, 1.82) is 0 Å². The third-order valence-corrected chi connectivity index (χ3v) is 5.51. The van der Waals surface area contributed by atoms with Gasteiger partial charge in [-0.05, 0) is 69.3 Å². The third kappa shape index (κ3) is 3.16. The molecule has 1 saturated carbocycles. The second-order valence-electron chi connectivity index (χ2n) is 6.72. The van der Waals surface area contributed by atoms with E-state index >= 15 is 0 Å². The molecule has 22 heavy (non-hydrogen) atoms. The quantitative estimate of drug-likeness (QED) is 0.903. The number of piperidine rings is 1. The first-order valence-electron chi connectivity index (χ1n) is 8.36. The van der Waals surface area contributed by atoms with E-state index in [1.165, 1.54) is 6.42 Å². The van der Waals surface area contributed by atoms with Crippen LogP contribution in [0.15, 0.2) is 24.3 Å². The Kier molecular flexibility index (Phi) is 4.74. The fraction of sp³-hybridized carbons (Fsp3) is 0.611. The van der Waals surface area contributed by atoms with Gasteiger partial charge in [-0.3, -0.25) is 4.79 Å². The van der Waals surface area contributed by atoms with Crippen LogP contribution in [-0.4, -0.2) is 37.5 Å². The van der Waals surface area contributed by atoms with Crippen molar-refractivity contribution >= 4 is 17.5 Å². The zero-order valence-electron chi connectivity index (χ0n) is 13.3. The molecule has 0 unspecified atom stereocenters. The Morgan fingerprint density at radius 3 is 2.45 bits per heavy atom. The maximum Gasteiger partial charge on any atom is 0.233 e. The van der Waals surface area contributed by atoms with Gasteiger partial charge in [0.1, 0.15) is 0 Å². The Morgan fingerprint density at radius 2 is 1.91 bits per heavy atom. The van der Waals surface area contributed by atoms with E-state index in [0.717, 1.165) is 61.8 Å². The highest BCUT2D eigenvalue weighted by Gasteiger charge is 2.53. The molecule has 120 valence electrons. The topological polar surface area (TPSA) is 32.3 Å². The number of rotatable bonds is 5. The van der Waals surface area contributed by atoms with Crippen molar-refractivity contribution in [3.05, 3.63) is 34.9 Å². The van der Waals surface area contributed by atoms with Gasteiger partial charge in [0.05, 0.1) is 5.41 Å². The monoisotopic (exact) mass is 320 g/mol. The first kappa shape index (κ1) is 15.8. The van der Waals surface area contributed by atoms with Crippen LogP contribution in [0.4, 0.5) is 0 Å². The maximum atomic E-state index is 13.0. The van der Waals surface area contributed by atoms with Crippen molar-refractivity contribution in [2.75, 3.05) is 26.7 Å². The molecule has 0 spiro atoms. The van der Waals surface area contributed by atoms with Crippen LogP contribution in [-0.2, 0) is 10.2 Å². The van der Waals surface area contributed by atoms with Gasteiger partial charge in [0.15, 0.2) is 0 Å². The van der Waals surface area contributed by atoms with Gasteiger partial charge in [-0.1, -0.05) is 23.7 Å². The number of likely N-dealkylation sites (tertiary alicyclic amines) is 1. The Bertz CT molecular complexity index is 516. The SMILES string of the molecule is CNCCC1CCN(C(=O)C2(c3ccc(Cl)cc3)CC2)CC1. The molecule has 1 aliphatic heterocycles. The molecule has 3 nitrogen and oxygen atoms in total. The van der Waals surface area contributed by atoms with E-state index in [-0.39, 0.29) is 5.41 Å². The van der Waals surface area contributed by atoms with Crippen molar-refractivity contribution in [3.63, 3.8) is 0 Å². The molecule has 1 heterocycles. The molecule has 0 aromatic heterocycles. The summed E-state index contributed by atoms with van der Waals surface area (Å²) in [6.07, 6.45) is 5.47. The average molecular weight is 321 g/mol. The molecule has 1 aromatic rings. The minimum Gasteiger partial charge on any atom is -0.342 e. The average Bonchev–Trinajstić information content (AvgIpc) is 3.35. The summed E-state index contributed by atoms with van der Waals surface area (Å²) in [6, 6.07) is 7.84. The minimum atomic E-state index is -0.248. The smallest absolute Gasteiger partial charge is 0.233 e. The van der Waals surface area contributed by atoms with Gasteiger partial charge in [-0.15, -0.1) is 0 Å². The molecule has 2 aliphatic rings. The Balaban J connectivity index is 1.61. The van der Waals surface area contributed by atoms with E-state index in [1.807, 2.05) is 31.3 Å². The van der Waals surface area contributed by atoms with Crippen molar-refractivity contribution in [2.45, 2.75) is 37.5 Å². The second kappa shape index (κ2) is 6.59. The Morgan fingerprint density at radius 1 is 1.27 bits per heavy atom. The number of benzene rings is 1. The van der Waals surface area contributed by atoms with E-state index in [1.54, 1.807) is 0 Å². The number of carbonyl (C=O) groups is 1. The van der Waals surface area contributed by atoms with Crippen LogP contribution in [0.3, 0.4) is 0 Å². The summed E-state index contributed by atoms with van der Waals surface area (Å²) < 4.78 is 0. The van der Waals surface area contributed by atoms with Gasteiger partial charge in [-0.25, -0.2) is 0 Å². The lowest BCUT2D eigenvalue weighted by Crippen LogP contribution is -2.44. The zero-order chi connectivity index (χ0) is 15.6. The molecular formula is C18H25ClN2O. The molecule has 3 rings (SSSR count). The molecule has 1 N–H and O–H groups in total. The van der Waals surface area contributed by atoms with Crippen molar-refractivity contribution in [1.82, 2.24) is 10.2 Å². The number of hydrogen-bond acceptors (Lipinski definition) is 2. The lowest BCUT2D eigenvalue weighted by Gasteiger charge is -2.34. The van der Waals surface area contributed by atoms with E-state index in [4.69, 9.17) is 11.6 Å². The first-order chi connectivity index (χ1) is 10.7. The minimum absolute atomic E-state index is 0.248.